The largest absolute Gasteiger partial charge is 0.315 e. The van der Waals surface area contributed by atoms with Gasteiger partial charge >= 0.3 is 0 Å². The van der Waals surface area contributed by atoms with Gasteiger partial charge in [-0.3, -0.25) is 0 Å². The van der Waals surface area contributed by atoms with E-state index < -0.39 is 0 Å². The number of nitrogens with zero attached hydrogens (tertiary/aromatic N) is 2. The second kappa shape index (κ2) is 9.41. The molecule has 212 valence electrons. The highest BCUT2D eigenvalue weighted by Crippen LogP contribution is 2.49. The molecule has 1 atom stereocenters. The van der Waals surface area contributed by atoms with Crippen LogP contribution in [0.3, 0.4) is 0 Å². The van der Waals surface area contributed by atoms with Crippen molar-refractivity contribution in [3.8, 4) is 11.4 Å². The Labute approximate surface area is 298 Å². The van der Waals surface area contributed by atoms with E-state index in [-0.39, 0.29) is 6.71 Å². The molecule has 0 bridgehead atoms. The van der Waals surface area contributed by atoms with Crippen molar-refractivity contribution in [1.29, 1.82) is 0 Å². The lowest BCUT2D eigenvalue weighted by atomic mass is 9.27. The maximum Gasteiger partial charge on any atom is 0.228 e. The summed E-state index contributed by atoms with van der Waals surface area (Å²) in [6.45, 7) is 2.65. The fourth-order valence-electron chi connectivity index (χ4n) is 11.0. The second-order valence-electron chi connectivity index (χ2n) is 16.1. The Bertz CT molecular complexity index is 2700. The summed E-state index contributed by atoms with van der Waals surface area (Å²) in [5.74, 6) is 0.306. The molecule has 2 nitrogen and oxygen atoms in total. The summed E-state index contributed by atoms with van der Waals surface area (Å²) in [5, 5.41) is 4.44. The summed E-state index contributed by atoms with van der Waals surface area (Å²) < 4.78 is 5.57. The van der Waals surface area contributed by atoms with Crippen molar-refractivity contribution >= 4 is 245 Å². The van der Waals surface area contributed by atoms with Crippen LogP contribution < -0.4 is 81.9 Å². The van der Waals surface area contributed by atoms with Crippen LogP contribution in [-0.2, 0) is 0 Å². The van der Waals surface area contributed by atoms with Gasteiger partial charge in [0.15, 0.2) is 0 Å². The monoisotopic (exact) mass is 598 g/mol. The molecule has 1 unspecified atom stereocenters. The number of allylic oxidation sites excluding steroid dienone is 1. The first kappa shape index (κ1) is 31.0. The minimum absolute atomic E-state index is 0.269. The Balaban J connectivity index is 1.65. The topological polar surface area (TPSA) is 9.86 Å². The molecular weight excluding hydrogens is 561 g/mol. The van der Waals surface area contributed by atoms with Gasteiger partial charge < -0.3 is 9.13 Å². The molecule has 0 radical (unpaired) electrons. The van der Waals surface area contributed by atoms with Gasteiger partial charge in [-0.2, -0.15) is 0 Å². The van der Waals surface area contributed by atoms with E-state index >= 15 is 0 Å². The van der Waals surface area contributed by atoms with Crippen molar-refractivity contribution in [3.05, 3.63) is 22.3 Å². The normalized spacial score (nSPS) is 15.7. The Hall–Kier alpha value is -3.00. The van der Waals surface area contributed by atoms with E-state index in [2.05, 4.69) is 134 Å². The van der Waals surface area contributed by atoms with Gasteiger partial charge in [-0.25, -0.2) is 0 Å². The molecular formula is C30H34B16N2. The summed E-state index contributed by atoms with van der Waals surface area (Å²) in [5.41, 5.74) is 36.6. The van der Waals surface area contributed by atoms with Crippen LogP contribution >= 0.6 is 0 Å². The molecule has 0 amide bonds. The summed E-state index contributed by atoms with van der Waals surface area (Å²) >= 11 is 0. The van der Waals surface area contributed by atoms with Gasteiger partial charge in [-0.05, 0) is 34.1 Å². The number of rotatable bonds is 0. The molecule has 18 heteroatoms. The number of hydrogen-bond donors (Lipinski definition) is 0. The molecule has 0 fully saturated rings. The fraction of sp³-hybridized carbons (Fsp3) is 0.0667. The lowest BCUT2D eigenvalue weighted by Crippen LogP contribution is -2.66. The molecule has 0 saturated carbocycles. The first-order chi connectivity index (χ1) is 22.6. The standard InChI is InChI=1S/C30H34B16N2/c1-2-7(31)29-24-30(8(2)32)48-26-4(10(34)14(38)17(41)21(26)45)6-12(36)18(42)22(28(6)48)46(24)23-19(43)15(39)11(35)5-3-9(33)13(37)16(40)20(44)25(3)47(29)27(5)23/h22H,31-45H2,1H3. The van der Waals surface area contributed by atoms with Gasteiger partial charge in [-0.1, -0.05) is 71.1 Å². The predicted molar refractivity (Wildman–Crippen MR) is 260 cm³/mol. The third-order valence-electron chi connectivity index (χ3n) is 14.8. The van der Waals surface area contributed by atoms with Gasteiger partial charge in [0.25, 0.3) is 0 Å². The van der Waals surface area contributed by atoms with Gasteiger partial charge in [0, 0.05) is 39.4 Å². The highest BCUT2D eigenvalue weighted by molar-refractivity contribution is 6.96. The first-order valence-electron chi connectivity index (χ1n) is 18.1. The molecule has 4 heterocycles. The zero-order valence-corrected chi connectivity index (χ0v) is 32.0. The zero-order chi connectivity index (χ0) is 34.5. The minimum atomic E-state index is 0.269. The van der Waals surface area contributed by atoms with Crippen LogP contribution in [0.15, 0.2) is 5.47 Å². The molecule has 3 aliphatic rings. The van der Waals surface area contributed by atoms with E-state index in [4.69, 9.17) is 0 Å². The zero-order valence-electron chi connectivity index (χ0n) is 32.0. The van der Waals surface area contributed by atoms with Crippen LogP contribution in [0.1, 0.15) is 22.6 Å². The van der Waals surface area contributed by atoms with E-state index in [0.29, 0.717) is 5.82 Å². The molecule has 6 aromatic rings. The Morgan fingerprint density at radius 3 is 1.44 bits per heavy atom. The quantitative estimate of drug-likeness (QED) is 0.155. The van der Waals surface area contributed by atoms with E-state index in [9.17, 15) is 0 Å². The number of benzene rings is 4. The summed E-state index contributed by atoms with van der Waals surface area (Å²) in [4.78, 5) is 0. The maximum atomic E-state index is 2.79. The minimum Gasteiger partial charge on any atom is -0.315 e. The SMILES string of the molecule is BC1=C(B)C2B3c4c(c(B)c(C)c(B)c4-n4c5c(B)c(B)c(B)c(B)c5c5c(B)c(B)c(B)c3c54)-n3c2c1c1c(B)c(B)c(B)c(B)c13. The Morgan fingerprint density at radius 1 is 0.438 bits per heavy atom. The van der Waals surface area contributed by atoms with Crippen LogP contribution in [0.25, 0.3) is 49.6 Å². The summed E-state index contributed by atoms with van der Waals surface area (Å²) in [6.07, 6.45) is 0. The van der Waals surface area contributed by atoms with Crippen molar-refractivity contribution in [2.45, 2.75) is 12.7 Å². The van der Waals surface area contributed by atoms with Crippen molar-refractivity contribution in [2.75, 3.05) is 0 Å². The van der Waals surface area contributed by atoms with Gasteiger partial charge in [0.2, 0.25) is 6.71 Å². The van der Waals surface area contributed by atoms with Gasteiger partial charge in [0.05, 0.1) is 0 Å². The Kier molecular flexibility index (Phi) is 6.08. The van der Waals surface area contributed by atoms with E-state index in [1.54, 1.807) is 22.1 Å². The average molecular weight is 596 g/mol. The second-order valence-corrected chi connectivity index (χ2v) is 16.1. The first-order valence-corrected chi connectivity index (χ1v) is 18.1. The molecule has 0 spiro atoms. The van der Waals surface area contributed by atoms with E-state index in [1.165, 1.54) is 132 Å². The van der Waals surface area contributed by atoms with Crippen LogP contribution in [0, 0.1) is 6.92 Å². The van der Waals surface area contributed by atoms with Gasteiger partial charge in [0.1, 0.15) is 118 Å². The van der Waals surface area contributed by atoms with Crippen molar-refractivity contribution in [3.63, 3.8) is 0 Å². The lowest BCUT2D eigenvalue weighted by molar-refractivity contribution is 0.964. The van der Waals surface area contributed by atoms with Crippen LogP contribution in [0.4, 0.5) is 0 Å². The van der Waals surface area contributed by atoms with Gasteiger partial charge in [-0.15, -0.1) is 21.9 Å². The predicted octanol–water partition coefficient (Wildman–Crippen LogP) is -19.1. The number of aromatic nitrogens is 2. The molecule has 9 rings (SSSR count). The average Bonchev–Trinajstić information content (AvgIpc) is 3.68. The molecule has 0 saturated heterocycles. The van der Waals surface area contributed by atoms with Crippen molar-refractivity contribution in [1.82, 2.24) is 9.13 Å². The summed E-state index contributed by atoms with van der Waals surface area (Å²) in [6, 6.07) is 0. The smallest absolute Gasteiger partial charge is 0.228 e. The molecule has 0 N–H and O–H groups in total. The maximum absolute atomic E-state index is 2.79. The van der Waals surface area contributed by atoms with E-state index in [0.717, 1.165) is 0 Å². The third kappa shape index (κ3) is 3.08. The lowest BCUT2D eigenvalue weighted by Gasteiger charge is -2.42. The Morgan fingerprint density at radius 2 is 0.875 bits per heavy atom. The number of fused-ring (bicyclic) bond motifs is 10. The molecule has 1 aliphatic carbocycles. The number of hydrogen-bond acceptors (Lipinski definition) is 0. The fourth-order valence-corrected chi connectivity index (χ4v) is 11.0. The van der Waals surface area contributed by atoms with Crippen molar-refractivity contribution in [2.24, 2.45) is 0 Å². The van der Waals surface area contributed by atoms with Crippen LogP contribution in [0.5, 0.6) is 0 Å². The molecule has 2 aliphatic heterocycles. The summed E-state index contributed by atoms with van der Waals surface area (Å²) in [7, 11) is 35.8. The molecule has 2 aromatic heterocycles. The van der Waals surface area contributed by atoms with Crippen molar-refractivity contribution < 1.29 is 0 Å². The third-order valence-corrected chi connectivity index (χ3v) is 14.8. The highest BCUT2D eigenvalue weighted by Gasteiger charge is 2.51. The van der Waals surface area contributed by atoms with Crippen LogP contribution in [0.2, 0.25) is 0 Å². The molecule has 4 aromatic carbocycles. The molecule has 48 heavy (non-hydrogen) atoms. The highest BCUT2D eigenvalue weighted by atomic mass is 15.1. The van der Waals surface area contributed by atoms with Crippen LogP contribution in [-0.4, -0.2) is 134 Å². The van der Waals surface area contributed by atoms with E-state index in [1.807, 2.05) is 0 Å².